The number of rotatable bonds is 6. The standard InChI is InChI=1S/C26H24F6O/c1-3-5-6-15-7-9-16(10-8-15)17-11-12-18-19-13-14-20(33-4-2)24(28)22(19)26(31,32)25(29,30)21(18)23(17)27/h3,9,11-15H,1,4-8,10H2,2H3. The Balaban J connectivity index is 1.84. The third-order valence-corrected chi connectivity index (χ3v) is 6.51. The maximum atomic E-state index is 15.5. The summed E-state index contributed by atoms with van der Waals surface area (Å²) in [6.07, 6.45) is 7.26. The minimum absolute atomic E-state index is 0.0319. The van der Waals surface area contributed by atoms with Gasteiger partial charge in [0.2, 0.25) is 0 Å². The number of alkyl halides is 4. The summed E-state index contributed by atoms with van der Waals surface area (Å²) in [4.78, 5) is 0. The third-order valence-electron chi connectivity index (χ3n) is 6.51. The molecule has 2 aromatic rings. The molecule has 0 bridgehead atoms. The van der Waals surface area contributed by atoms with E-state index in [4.69, 9.17) is 4.74 Å². The van der Waals surface area contributed by atoms with Crippen LogP contribution in [0.25, 0.3) is 16.7 Å². The van der Waals surface area contributed by atoms with Gasteiger partial charge in [0.1, 0.15) is 5.82 Å². The highest BCUT2D eigenvalue weighted by Crippen LogP contribution is 2.60. The molecule has 0 N–H and O–H groups in total. The van der Waals surface area contributed by atoms with Gasteiger partial charge in [0.15, 0.2) is 11.6 Å². The summed E-state index contributed by atoms with van der Waals surface area (Å²) >= 11 is 0. The molecule has 0 aliphatic heterocycles. The maximum absolute atomic E-state index is 15.5. The SMILES string of the molecule is C=CCCC1CC=C(c2ccc3c(c2F)C(F)(F)C(F)(F)c2c-3ccc(OCC)c2F)CC1. The van der Waals surface area contributed by atoms with Gasteiger partial charge in [-0.3, -0.25) is 0 Å². The largest absolute Gasteiger partial charge is 0.491 e. The second-order valence-electron chi connectivity index (χ2n) is 8.47. The van der Waals surface area contributed by atoms with Crippen molar-refractivity contribution in [2.75, 3.05) is 6.61 Å². The molecule has 2 aliphatic rings. The Morgan fingerprint density at radius 2 is 1.58 bits per heavy atom. The molecule has 2 aromatic carbocycles. The van der Waals surface area contributed by atoms with E-state index in [0.717, 1.165) is 31.4 Å². The Kier molecular flexibility index (Phi) is 6.10. The molecule has 0 saturated heterocycles. The molecule has 2 aliphatic carbocycles. The number of allylic oxidation sites excluding steroid dienone is 3. The molecule has 1 atom stereocenters. The number of hydrogen-bond donors (Lipinski definition) is 0. The van der Waals surface area contributed by atoms with Crippen LogP contribution >= 0.6 is 0 Å². The molecular formula is C26H24F6O. The Hall–Kier alpha value is -2.70. The zero-order valence-corrected chi connectivity index (χ0v) is 18.2. The lowest BCUT2D eigenvalue weighted by Crippen LogP contribution is -2.41. The number of hydrogen-bond acceptors (Lipinski definition) is 1. The topological polar surface area (TPSA) is 9.23 Å². The van der Waals surface area contributed by atoms with Crippen molar-refractivity contribution in [1.29, 1.82) is 0 Å². The number of benzene rings is 2. The quantitative estimate of drug-likeness (QED) is 0.307. The van der Waals surface area contributed by atoms with Gasteiger partial charge in [0.05, 0.1) is 17.7 Å². The van der Waals surface area contributed by atoms with Crippen LogP contribution in [-0.2, 0) is 11.8 Å². The predicted molar refractivity (Wildman–Crippen MR) is 116 cm³/mol. The first-order valence-electron chi connectivity index (χ1n) is 11.0. The average molecular weight is 466 g/mol. The molecule has 0 amide bonds. The van der Waals surface area contributed by atoms with Crippen LogP contribution in [0, 0.1) is 17.6 Å². The Labute approximate surface area is 188 Å². The van der Waals surface area contributed by atoms with E-state index in [-0.39, 0.29) is 12.2 Å². The molecule has 0 radical (unpaired) electrons. The lowest BCUT2D eigenvalue weighted by atomic mass is 9.77. The van der Waals surface area contributed by atoms with E-state index in [1.54, 1.807) is 6.08 Å². The molecule has 7 heteroatoms. The highest BCUT2D eigenvalue weighted by Gasteiger charge is 2.65. The van der Waals surface area contributed by atoms with Crippen molar-refractivity contribution in [3.63, 3.8) is 0 Å². The van der Waals surface area contributed by atoms with E-state index in [0.29, 0.717) is 24.3 Å². The molecule has 1 unspecified atom stereocenters. The lowest BCUT2D eigenvalue weighted by Gasteiger charge is -2.36. The zero-order valence-electron chi connectivity index (χ0n) is 18.2. The van der Waals surface area contributed by atoms with Crippen LogP contribution in [0.4, 0.5) is 26.3 Å². The fraction of sp³-hybridized carbons (Fsp3) is 0.385. The van der Waals surface area contributed by atoms with Gasteiger partial charge in [-0.2, -0.15) is 17.6 Å². The summed E-state index contributed by atoms with van der Waals surface area (Å²) in [5.74, 6) is -13.0. The first kappa shape index (κ1) is 23.5. The van der Waals surface area contributed by atoms with E-state index >= 15 is 22.0 Å². The van der Waals surface area contributed by atoms with Crippen molar-refractivity contribution in [3.8, 4) is 16.9 Å². The summed E-state index contributed by atoms with van der Waals surface area (Å²) in [5.41, 5.74) is -3.36. The molecular weight excluding hydrogens is 442 g/mol. The van der Waals surface area contributed by atoms with Crippen molar-refractivity contribution in [3.05, 3.63) is 71.3 Å². The minimum atomic E-state index is -4.96. The molecule has 33 heavy (non-hydrogen) atoms. The predicted octanol–water partition coefficient (Wildman–Crippen LogP) is 8.38. The molecule has 0 fully saturated rings. The summed E-state index contributed by atoms with van der Waals surface area (Å²) < 4.78 is 95.6. The highest BCUT2D eigenvalue weighted by molar-refractivity contribution is 5.80. The van der Waals surface area contributed by atoms with Crippen LogP contribution in [0.1, 0.15) is 55.7 Å². The fourth-order valence-corrected chi connectivity index (χ4v) is 4.77. The summed E-state index contributed by atoms with van der Waals surface area (Å²) in [6.45, 7) is 5.17. The van der Waals surface area contributed by atoms with Gasteiger partial charge in [0.25, 0.3) is 0 Å². The van der Waals surface area contributed by atoms with Gasteiger partial charge in [0, 0.05) is 5.56 Å². The van der Waals surface area contributed by atoms with Crippen LogP contribution < -0.4 is 4.74 Å². The molecule has 0 heterocycles. The normalized spacial score (nSPS) is 20.5. The Morgan fingerprint density at radius 1 is 0.970 bits per heavy atom. The molecule has 0 saturated carbocycles. The summed E-state index contributed by atoms with van der Waals surface area (Å²) in [7, 11) is 0. The van der Waals surface area contributed by atoms with Gasteiger partial charge >= 0.3 is 11.8 Å². The van der Waals surface area contributed by atoms with Gasteiger partial charge in [-0.15, -0.1) is 6.58 Å². The number of ether oxygens (including phenoxy) is 1. The van der Waals surface area contributed by atoms with Crippen molar-refractivity contribution < 1.29 is 31.1 Å². The first-order valence-corrected chi connectivity index (χ1v) is 11.0. The Morgan fingerprint density at radius 3 is 2.15 bits per heavy atom. The maximum Gasteiger partial charge on any atom is 0.343 e. The Bertz CT molecular complexity index is 1120. The summed E-state index contributed by atoms with van der Waals surface area (Å²) in [6, 6.07) is 4.68. The zero-order chi connectivity index (χ0) is 24.0. The van der Waals surface area contributed by atoms with Gasteiger partial charge < -0.3 is 4.74 Å². The van der Waals surface area contributed by atoms with Crippen molar-refractivity contribution in [2.45, 2.75) is 50.9 Å². The molecule has 176 valence electrons. The average Bonchev–Trinajstić information content (AvgIpc) is 2.78. The minimum Gasteiger partial charge on any atom is -0.491 e. The monoisotopic (exact) mass is 466 g/mol. The second-order valence-corrected chi connectivity index (χ2v) is 8.47. The van der Waals surface area contributed by atoms with Gasteiger partial charge in [-0.25, -0.2) is 8.78 Å². The summed E-state index contributed by atoms with van der Waals surface area (Å²) in [5, 5.41) is 0. The van der Waals surface area contributed by atoms with E-state index in [2.05, 4.69) is 6.58 Å². The van der Waals surface area contributed by atoms with E-state index in [1.165, 1.54) is 19.1 Å². The second kappa shape index (κ2) is 8.58. The van der Waals surface area contributed by atoms with Gasteiger partial charge in [-0.05, 0) is 73.8 Å². The van der Waals surface area contributed by atoms with Crippen LogP contribution in [0.3, 0.4) is 0 Å². The third kappa shape index (κ3) is 3.65. The lowest BCUT2D eigenvalue weighted by molar-refractivity contribution is -0.227. The van der Waals surface area contributed by atoms with Crippen molar-refractivity contribution >= 4 is 5.57 Å². The van der Waals surface area contributed by atoms with E-state index in [9.17, 15) is 4.39 Å². The van der Waals surface area contributed by atoms with Crippen molar-refractivity contribution in [2.24, 2.45) is 5.92 Å². The van der Waals surface area contributed by atoms with Crippen LogP contribution in [0.15, 0.2) is 43.0 Å². The smallest absolute Gasteiger partial charge is 0.343 e. The van der Waals surface area contributed by atoms with E-state index in [1.807, 2.05) is 6.08 Å². The molecule has 0 spiro atoms. The van der Waals surface area contributed by atoms with Gasteiger partial charge in [-0.1, -0.05) is 24.3 Å². The highest BCUT2D eigenvalue weighted by atomic mass is 19.3. The van der Waals surface area contributed by atoms with Crippen LogP contribution in [-0.4, -0.2) is 6.61 Å². The molecule has 0 aromatic heterocycles. The number of halogens is 6. The number of fused-ring (bicyclic) bond motifs is 3. The van der Waals surface area contributed by atoms with Crippen LogP contribution in [0.5, 0.6) is 5.75 Å². The first-order chi connectivity index (χ1) is 15.6. The van der Waals surface area contributed by atoms with Crippen molar-refractivity contribution in [1.82, 2.24) is 0 Å². The molecule has 4 rings (SSSR count). The fourth-order valence-electron chi connectivity index (χ4n) is 4.77. The van der Waals surface area contributed by atoms with E-state index < -0.39 is 51.5 Å². The van der Waals surface area contributed by atoms with Crippen LogP contribution in [0.2, 0.25) is 0 Å². The molecule has 1 nitrogen and oxygen atoms in total.